The molecule has 1 amide bonds. The van der Waals surface area contributed by atoms with Gasteiger partial charge in [0, 0.05) is 5.69 Å². The Kier molecular flexibility index (Phi) is 5.28. The maximum absolute atomic E-state index is 12.8. The molecule has 0 bridgehead atoms. The highest BCUT2D eigenvalue weighted by molar-refractivity contribution is 6.10. The Morgan fingerprint density at radius 3 is 2.28 bits per heavy atom. The van der Waals surface area contributed by atoms with E-state index in [0.717, 1.165) is 29.3 Å². The van der Waals surface area contributed by atoms with Gasteiger partial charge in [-0.15, -0.1) is 0 Å². The van der Waals surface area contributed by atoms with Crippen LogP contribution >= 0.6 is 0 Å². The van der Waals surface area contributed by atoms with E-state index in [4.69, 9.17) is 0 Å². The molecule has 0 aliphatic heterocycles. The van der Waals surface area contributed by atoms with E-state index in [1.165, 1.54) is 12.1 Å². The number of hydrogen-bond acceptors (Lipinski definition) is 2. The van der Waals surface area contributed by atoms with Gasteiger partial charge in [-0.2, -0.15) is 18.4 Å². The molecule has 0 fully saturated rings. The van der Waals surface area contributed by atoms with E-state index < -0.39 is 17.6 Å². The van der Waals surface area contributed by atoms with Crippen LogP contribution in [0.2, 0.25) is 0 Å². The van der Waals surface area contributed by atoms with Gasteiger partial charge in [-0.05, 0) is 48.7 Å². The van der Waals surface area contributed by atoms with Gasteiger partial charge in [0.25, 0.3) is 5.91 Å². The summed E-state index contributed by atoms with van der Waals surface area (Å²) in [4.78, 5) is 12.3. The van der Waals surface area contributed by atoms with Crippen molar-refractivity contribution in [1.29, 1.82) is 5.26 Å². The second kappa shape index (κ2) is 7.22. The highest BCUT2D eigenvalue weighted by atomic mass is 19.4. The minimum atomic E-state index is -4.49. The molecule has 0 spiro atoms. The van der Waals surface area contributed by atoms with Crippen molar-refractivity contribution in [2.75, 3.05) is 5.32 Å². The quantitative estimate of drug-likeness (QED) is 0.638. The van der Waals surface area contributed by atoms with Crippen molar-refractivity contribution in [3.05, 3.63) is 70.3 Å². The third-order valence-electron chi connectivity index (χ3n) is 3.61. The Morgan fingerprint density at radius 1 is 1.12 bits per heavy atom. The van der Waals surface area contributed by atoms with Crippen LogP contribution in [-0.4, -0.2) is 5.91 Å². The molecule has 0 heterocycles. The highest BCUT2D eigenvalue weighted by Gasteiger charge is 2.30. The van der Waals surface area contributed by atoms with Crippen LogP contribution in [0, 0.1) is 25.2 Å². The Balaban J connectivity index is 2.32. The van der Waals surface area contributed by atoms with Crippen molar-refractivity contribution in [2.24, 2.45) is 0 Å². The standard InChI is InChI=1S/C19H15F3N2O/c1-12-5-3-6-13(2)17(12)24-18(25)15(11-23)9-14-7-4-8-16(10-14)19(20,21)22/h3-10H,1-2H3,(H,24,25)/b15-9-. The predicted molar refractivity (Wildman–Crippen MR) is 89.6 cm³/mol. The Bertz CT molecular complexity index is 857. The molecule has 128 valence electrons. The molecule has 25 heavy (non-hydrogen) atoms. The molecule has 0 aromatic heterocycles. The summed E-state index contributed by atoms with van der Waals surface area (Å²) in [5.74, 6) is -0.669. The molecular weight excluding hydrogens is 329 g/mol. The van der Waals surface area contributed by atoms with Crippen LogP contribution in [0.1, 0.15) is 22.3 Å². The minimum absolute atomic E-state index is 0.128. The zero-order chi connectivity index (χ0) is 18.6. The van der Waals surface area contributed by atoms with E-state index in [1.54, 1.807) is 6.07 Å². The number of carbonyl (C=O) groups is 1. The molecule has 6 heteroatoms. The van der Waals surface area contributed by atoms with Crippen molar-refractivity contribution in [3.63, 3.8) is 0 Å². The summed E-state index contributed by atoms with van der Waals surface area (Å²) in [6.45, 7) is 3.62. The van der Waals surface area contributed by atoms with E-state index in [1.807, 2.05) is 32.0 Å². The zero-order valence-electron chi connectivity index (χ0n) is 13.6. The van der Waals surface area contributed by atoms with Crippen LogP contribution in [-0.2, 0) is 11.0 Å². The molecular formula is C19H15F3N2O. The first-order valence-corrected chi connectivity index (χ1v) is 7.39. The summed E-state index contributed by atoms with van der Waals surface area (Å²) < 4.78 is 38.3. The van der Waals surface area contributed by atoms with Gasteiger partial charge < -0.3 is 5.32 Å². The number of rotatable bonds is 3. The third-order valence-corrected chi connectivity index (χ3v) is 3.61. The van der Waals surface area contributed by atoms with Gasteiger partial charge >= 0.3 is 6.18 Å². The lowest BCUT2D eigenvalue weighted by atomic mass is 10.1. The lowest BCUT2D eigenvalue weighted by Crippen LogP contribution is -2.15. The first-order chi connectivity index (χ1) is 11.7. The number of para-hydroxylation sites is 1. The maximum atomic E-state index is 12.8. The second-order valence-electron chi connectivity index (χ2n) is 5.51. The molecule has 0 aliphatic rings. The molecule has 0 aliphatic carbocycles. The number of anilines is 1. The molecule has 0 saturated carbocycles. The lowest BCUT2D eigenvalue weighted by molar-refractivity contribution is -0.137. The maximum Gasteiger partial charge on any atom is 0.416 e. The molecule has 2 rings (SSSR count). The van der Waals surface area contributed by atoms with Crippen molar-refractivity contribution in [2.45, 2.75) is 20.0 Å². The van der Waals surface area contributed by atoms with E-state index in [2.05, 4.69) is 5.32 Å². The van der Waals surface area contributed by atoms with Crippen LogP contribution in [0.5, 0.6) is 0 Å². The Hall–Kier alpha value is -3.07. The van der Waals surface area contributed by atoms with E-state index in [-0.39, 0.29) is 11.1 Å². The number of nitriles is 1. The summed E-state index contributed by atoms with van der Waals surface area (Å²) in [5, 5.41) is 11.8. The third kappa shape index (κ3) is 4.48. The SMILES string of the molecule is Cc1cccc(C)c1NC(=O)/C(C#N)=C\c1cccc(C(F)(F)F)c1. The van der Waals surface area contributed by atoms with Gasteiger partial charge in [0.1, 0.15) is 11.6 Å². The van der Waals surface area contributed by atoms with Crippen molar-refractivity contribution < 1.29 is 18.0 Å². The summed E-state index contributed by atoms with van der Waals surface area (Å²) in [5.41, 5.74) is 1.24. The lowest BCUT2D eigenvalue weighted by Gasteiger charge is -2.11. The van der Waals surface area contributed by atoms with Gasteiger partial charge in [0.05, 0.1) is 5.56 Å². The summed E-state index contributed by atoms with van der Waals surface area (Å²) in [6, 6.07) is 11.6. The summed E-state index contributed by atoms with van der Waals surface area (Å²) in [7, 11) is 0. The zero-order valence-corrected chi connectivity index (χ0v) is 13.6. The Labute approximate surface area is 143 Å². The Morgan fingerprint density at radius 2 is 1.72 bits per heavy atom. The fourth-order valence-corrected chi connectivity index (χ4v) is 2.31. The normalized spacial score (nSPS) is 11.8. The highest BCUT2D eigenvalue weighted by Crippen LogP contribution is 2.30. The molecule has 2 aromatic rings. The molecule has 2 aromatic carbocycles. The van der Waals surface area contributed by atoms with Crippen molar-refractivity contribution >= 4 is 17.7 Å². The molecule has 0 radical (unpaired) electrons. The fraction of sp³-hybridized carbons (Fsp3) is 0.158. The van der Waals surface area contributed by atoms with Gasteiger partial charge in [-0.3, -0.25) is 4.79 Å². The number of nitrogens with one attached hydrogen (secondary N) is 1. The topological polar surface area (TPSA) is 52.9 Å². The van der Waals surface area contributed by atoms with Crippen LogP contribution in [0.15, 0.2) is 48.0 Å². The molecule has 1 N–H and O–H groups in total. The average molecular weight is 344 g/mol. The minimum Gasteiger partial charge on any atom is -0.321 e. The largest absolute Gasteiger partial charge is 0.416 e. The number of alkyl halides is 3. The molecule has 3 nitrogen and oxygen atoms in total. The van der Waals surface area contributed by atoms with Crippen LogP contribution in [0.25, 0.3) is 6.08 Å². The van der Waals surface area contributed by atoms with Gasteiger partial charge in [-0.1, -0.05) is 30.3 Å². The van der Waals surface area contributed by atoms with Gasteiger partial charge in [0.15, 0.2) is 0 Å². The molecule has 0 atom stereocenters. The molecule has 0 saturated heterocycles. The number of aryl methyl sites for hydroxylation is 2. The van der Waals surface area contributed by atoms with Crippen molar-refractivity contribution in [1.82, 2.24) is 0 Å². The van der Waals surface area contributed by atoms with E-state index in [9.17, 15) is 23.2 Å². The van der Waals surface area contributed by atoms with Crippen molar-refractivity contribution in [3.8, 4) is 6.07 Å². The summed E-state index contributed by atoms with van der Waals surface area (Å²) >= 11 is 0. The number of nitrogens with zero attached hydrogens (tertiary/aromatic N) is 1. The second-order valence-corrected chi connectivity index (χ2v) is 5.51. The van der Waals surface area contributed by atoms with E-state index in [0.29, 0.717) is 5.69 Å². The van der Waals surface area contributed by atoms with Crippen LogP contribution in [0.4, 0.5) is 18.9 Å². The predicted octanol–water partition coefficient (Wildman–Crippen LogP) is 4.87. The first kappa shape index (κ1) is 18.3. The summed E-state index contributed by atoms with van der Waals surface area (Å²) in [6.07, 6.45) is -3.35. The van der Waals surface area contributed by atoms with Gasteiger partial charge in [0.2, 0.25) is 0 Å². The number of hydrogen-bond donors (Lipinski definition) is 1. The number of carbonyl (C=O) groups excluding carboxylic acids is 1. The monoisotopic (exact) mass is 344 g/mol. The van der Waals surface area contributed by atoms with Crippen LogP contribution in [0.3, 0.4) is 0 Å². The fourth-order valence-electron chi connectivity index (χ4n) is 2.31. The van der Waals surface area contributed by atoms with Gasteiger partial charge in [-0.25, -0.2) is 0 Å². The number of benzene rings is 2. The van der Waals surface area contributed by atoms with E-state index >= 15 is 0 Å². The number of amides is 1. The first-order valence-electron chi connectivity index (χ1n) is 7.39. The molecule has 0 unspecified atom stereocenters. The number of halogens is 3. The average Bonchev–Trinajstić information content (AvgIpc) is 2.55. The smallest absolute Gasteiger partial charge is 0.321 e. The van der Waals surface area contributed by atoms with Crippen LogP contribution < -0.4 is 5.32 Å².